The van der Waals surface area contributed by atoms with E-state index in [0.717, 1.165) is 22.4 Å². The van der Waals surface area contributed by atoms with E-state index in [1.54, 1.807) is 18.2 Å². The van der Waals surface area contributed by atoms with Gasteiger partial charge in [0.15, 0.2) is 0 Å². The zero-order valence-electron chi connectivity index (χ0n) is 16.7. The second kappa shape index (κ2) is 8.74. The van der Waals surface area contributed by atoms with Gasteiger partial charge in [-0.3, -0.25) is 4.79 Å². The maximum Gasteiger partial charge on any atom is 0.244 e. The van der Waals surface area contributed by atoms with Gasteiger partial charge in [0.05, 0.1) is 17.6 Å². The molecule has 0 saturated heterocycles. The van der Waals surface area contributed by atoms with Gasteiger partial charge in [0.2, 0.25) is 5.91 Å². The molecule has 0 aliphatic carbocycles. The number of carbonyl (C=O) groups is 1. The lowest BCUT2D eigenvalue weighted by Crippen LogP contribution is -2.23. The van der Waals surface area contributed by atoms with Crippen molar-refractivity contribution in [1.29, 1.82) is 0 Å². The summed E-state index contributed by atoms with van der Waals surface area (Å²) < 4.78 is 15.1. The smallest absolute Gasteiger partial charge is 0.244 e. The fourth-order valence-electron chi connectivity index (χ4n) is 3.28. The van der Waals surface area contributed by atoms with Crippen LogP contribution in [0.5, 0.6) is 0 Å². The quantitative estimate of drug-likeness (QED) is 0.471. The first-order valence-electron chi connectivity index (χ1n) is 9.80. The molecule has 0 saturated carbocycles. The highest BCUT2D eigenvalue weighted by Gasteiger charge is 2.11. The molecule has 30 heavy (non-hydrogen) atoms. The summed E-state index contributed by atoms with van der Waals surface area (Å²) in [6, 6.07) is 22.3. The Morgan fingerprint density at radius 3 is 2.53 bits per heavy atom. The number of aromatic nitrogens is 2. The average molecular weight is 399 g/mol. The second-order valence-corrected chi connectivity index (χ2v) is 7.19. The predicted molar refractivity (Wildman–Crippen MR) is 117 cm³/mol. The summed E-state index contributed by atoms with van der Waals surface area (Å²) in [6.07, 6.45) is 3.10. The molecule has 5 heteroatoms. The Balaban J connectivity index is 1.51. The molecule has 0 unspecified atom stereocenters. The van der Waals surface area contributed by atoms with Crippen molar-refractivity contribution >= 4 is 23.0 Å². The number of imidazole rings is 1. The van der Waals surface area contributed by atoms with E-state index in [1.807, 2.05) is 24.3 Å². The van der Waals surface area contributed by atoms with Crippen LogP contribution in [-0.2, 0) is 17.9 Å². The number of hydrogen-bond acceptors (Lipinski definition) is 2. The Labute approximate surface area is 174 Å². The van der Waals surface area contributed by atoms with Gasteiger partial charge in [0, 0.05) is 12.6 Å². The van der Waals surface area contributed by atoms with Crippen molar-refractivity contribution in [3.63, 3.8) is 0 Å². The Morgan fingerprint density at radius 1 is 1.03 bits per heavy atom. The van der Waals surface area contributed by atoms with Crippen molar-refractivity contribution in [3.8, 4) is 0 Å². The molecule has 1 aromatic heterocycles. The molecule has 0 radical (unpaired) electrons. The van der Waals surface area contributed by atoms with Crippen LogP contribution in [0, 0.1) is 12.7 Å². The van der Waals surface area contributed by atoms with E-state index in [9.17, 15) is 9.18 Å². The van der Waals surface area contributed by atoms with E-state index in [4.69, 9.17) is 4.98 Å². The number of nitrogens with zero attached hydrogens (tertiary/aromatic N) is 2. The highest BCUT2D eigenvalue weighted by molar-refractivity contribution is 5.91. The molecule has 0 aliphatic heterocycles. The minimum atomic E-state index is -0.302. The third-order valence-electron chi connectivity index (χ3n) is 4.91. The second-order valence-electron chi connectivity index (χ2n) is 7.19. The van der Waals surface area contributed by atoms with Crippen molar-refractivity contribution < 1.29 is 9.18 Å². The van der Waals surface area contributed by atoms with Gasteiger partial charge in [0.25, 0.3) is 0 Å². The zero-order valence-corrected chi connectivity index (χ0v) is 16.7. The first-order valence-corrected chi connectivity index (χ1v) is 9.80. The fourth-order valence-corrected chi connectivity index (χ4v) is 3.28. The summed E-state index contributed by atoms with van der Waals surface area (Å²) in [5.41, 5.74) is 5.08. The number of halogens is 1. The van der Waals surface area contributed by atoms with E-state index in [-0.39, 0.29) is 11.7 Å². The van der Waals surface area contributed by atoms with Crippen molar-refractivity contribution in [3.05, 3.63) is 107 Å². The molecule has 0 spiro atoms. The molecule has 0 atom stereocenters. The third kappa shape index (κ3) is 4.63. The maximum atomic E-state index is 13.0. The van der Waals surface area contributed by atoms with Gasteiger partial charge >= 0.3 is 0 Å². The number of amides is 1. The molecule has 0 aliphatic rings. The highest BCUT2D eigenvalue weighted by Crippen LogP contribution is 2.18. The van der Waals surface area contributed by atoms with Gasteiger partial charge in [-0.1, -0.05) is 54.1 Å². The first-order chi connectivity index (χ1) is 14.6. The lowest BCUT2D eigenvalue weighted by atomic mass is 10.1. The largest absolute Gasteiger partial charge is 0.345 e. The highest BCUT2D eigenvalue weighted by atomic mass is 19.1. The maximum absolute atomic E-state index is 13.0. The van der Waals surface area contributed by atoms with Crippen LogP contribution >= 0.6 is 0 Å². The minimum absolute atomic E-state index is 0.228. The van der Waals surface area contributed by atoms with Crippen LogP contribution in [0.1, 0.15) is 22.5 Å². The van der Waals surface area contributed by atoms with Crippen LogP contribution in [0.3, 0.4) is 0 Å². The van der Waals surface area contributed by atoms with Crippen molar-refractivity contribution in [1.82, 2.24) is 14.9 Å². The lowest BCUT2D eigenvalue weighted by molar-refractivity contribution is -0.116. The molecular formula is C25H22FN3O. The van der Waals surface area contributed by atoms with Crippen LogP contribution < -0.4 is 5.32 Å². The van der Waals surface area contributed by atoms with E-state index in [2.05, 4.69) is 41.1 Å². The summed E-state index contributed by atoms with van der Waals surface area (Å²) in [6.45, 7) is 3.06. The Kier molecular flexibility index (Phi) is 5.70. The average Bonchev–Trinajstić information content (AvgIpc) is 3.11. The van der Waals surface area contributed by atoms with E-state index in [0.29, 0.717) is 13.1 Å². The number of hydrogen-bond donors (Lipinski definition) is 1. The third-order valence-corrected chi connectivity index (χ3v) is 4.91. The van der Waals surface area contributed by atoms with Crippen LogP contribution in [0.25, 0.3) is 17.1 Å². The topological polar surface area (TPSA) is 46.9 Å². The van der Waals surface area contributed by atoms with Gasteiger partial charge < -0.3 is 9.88 Å². The number of rotatable bonds is 6. The van der Waals surface area contributed by atoms with Crippen molar-refractivity contribution in [2.24, 2.45) is 0 Å². The minimum Gasteiger partial charge on any atom is -0.345 e. The van der Waals surface area contributed by atoms with Gasteiger partial charge in [-0.05, 0) is 48.4 Å². The molecule has 0 bridgehead atoms. The van der Waals surface area contributed by atoms with E-state index >= 15 is 0 Å². The summed E-state index contributed by atoms with van der Waals surface area (Å²) >= 11 is 0. The van der Waals surface area contributed by atoms with Gasteiger partial charge in [-0.25, -0.2) is 9.37 Å². The predicted octanol–water partition coefficient (Wildman–Crippen LogP) is 4.86. The number of nitrogens with one attached hydrogen (secondary N) is 1. The molecule has 1 amide bonds. The monoisotopic (exact) mass is 399 g/mol. The Hall–Kier alpha value is -3.73. The first kappa shape index (κ1) is 19.6. The normalized spacial score (nSPS) is 11.3. The molecule has 150 valence electrons. The molecule has 4 nitrogen and oxygen atoms in total. The summed E-state index contributed by atoms with van der Waals surface area (Å²) in [5, 5.41) is 2.89. The Morgan fingerprint density at radius 2 is 1.77 bits per heavy atom. The van der Waals surface area contributed by atoms with Crippen molar-refractivity contribution in [2.75, 3.05) is 0 Å². The van der Waals surface area contributed by atoms with Crippen LogP contribution in [0.4, 0.5) is 4.39 Å². The Bertz CT molecular complexity index is 1190. The van der Waals surface area contributed by atoms with Gasteiger partial charge in [-0.2, -0.15) is 0 Å². The number of benzene rings is 3. The molecule has 4 rings (SSSR count). The van der Waals surface area contributed by atoms with Gasteiger partial charge in [-0.15, -0.1) is 0 Å². The molecule has 0 fully saturated rings. The van der Waals surface area contributed by atoms with Crippen LogP contribution in [-0.4, -0.2) is 15.5 Å². The lowest BCUT2D eigenvalue weighted by Gasteiger charge is -2.10. The summed E-state index contributed by atoms with van der Waals surface area (Å²) in [5.74, 6) is 0.262. The number of aryl methyl sites for hydroxylation is 1. The molecule has 1 heterocycles. The fraction of sp³-hybridized carbons (Fsp3) is 0.120. The van der Waals surface area contributed by atoms with Crippen LogP contribution in [0.15, 0.2) is 78.9 Å². The molecule has 3 aromatic carbocycles. The standard InChI is InChI=1S/C25H22FN3O/c1-18-6-8-20(9-7-18)17-29-23-5-3-2-4-22(23)28-24(29)16-27-25(30)15-12-19-10-13-21(26)14-11-19/h2-15H,16-17H2,1H3,(H,27,30)/b15-12+. The summed E-state index contributed by atoms with van der Waals surface area (Å²) in [7, 11) is 0. The SMILES string of the molecule is Cc1ccc(Cn2c(CNC(=O)/C=C/c3ccc(F)cc3)nc3ccccc32)cc1. The van der Waals surface area contributed by atoms with E-state index in [1.165, 1.54) is 29.3 Å². The van der Waals surface area contributed by atoms with E-state index < -0.39 is 0 Å². The number of carbonyl (C=O) groups excluding carboxylic acids is 1. The molecule has 4 aromatic rings. The number of fused-ring (bicyclic) bond motifs is 1. The van der Waals surface area contributed by atoms with Crippen LogP contribution in [0.2, 0.25) is 0 Å². The molecular weight excluding hydrogens is 377 g/mol. The number of para-hydroxylation sites is 2. The molecule has 1 N–H and O–H groups in total. The van der Waals surface area contributed by atoms with Gasteiger partial charge in [0.1, 0.15) is 11.6 Å². The summed E-state index contributed by atoms with van der Waals surface area (Å²) in [4.78, 5) is 17.0. The van der Waals surface area contributed by atoms with Crippen molar-refractivity contribution in [2.45, 2.75) is 20.0 Å². The zero-order chi connectivity index (χ0) is 20.9.